The molecule has 1 saturated carbocycles. The SMILES string of the molecule is CCOC(=O)c1cccnc1N(CCO)C1CC1. The molecular formula is C13H18N2O3. The van der Waals surface area contributed by atoms with Crippen molar-refractivity contribution in [3.63, 3.8) is 0 Å². The molecule has 2 rings (SSSR count). The van der Waals surface area contributed by atoms with Gasteiger partial charge in [-0.15, -0.1) is 0 Å². The number of nitrogens with zero attached hydrogens (tertiary/aromatic N) is 2. The molecule has 1 fully saturated rings. The van der Waals surface area contributed by atoms with Crippen molar-refractivity contribution in [2.45, 2.75) is 25.8 Å². The molecule has 5 heteroatoms. The number of hydrogen-bond donors (Lipinski definition) is 1. The summed E-state index contributed by atoms with van der Waals surface area (Å²) in [5.41, 5.74) is 0.472. The third-order valence-electron chi connectivity index (χ3n) is 2.88. The number of carbonyl (C=O) groups is 1. The van der Waals surface area contributed by atoms with Crippen LogP contribution in [-0.4, -0.2) is 41.9 Å². The van der Waals surface area contributed by atoms with Gasteiger partial charge in [0.15, 0.2) is 0 Å². The lowest BCUT2D eigenvalue weighted by molar-refractivity contribution is 0.0526. The van der Waals surface area contributed by atoms with Crippen molar-refractivity contribution in [3.05, 3.63) is 23.9 Å². The molecule has 0 radical (unpaired) electrons. The third kappa shape index (κ3) is 2.79. The maximum Gasteiger partial charge on any atom is 0.341 e. The van der Waals surface area contributed by atoms with Crippen molar-refractivity contribution in [3.8, 4) is 0 Å². The minimum Gasteiger partial charge on any atom is -0.462 e. The monoisotopic (exact) mass is 250 g/mol. The van der Waals surface area contributed by atoms with Crippen molar-refractivity contribution in [1.82, 2.24) is 4.98 Å². The van der Waals surface area contributed by atoms with E-state index in [1.54, 1.807) is 25.3 Å². The Kier molecular flexibility index (Phi) is 4.15. The molecule has 0 saturated heterocycles. The van der Waals surface area contributed by atoms with Crippen LogP contribution in [0.15, 0.2) is 18.3 Å². The number of aliphatic hydroxyl groups is 1. The van der Waals surface area contributed by atoms with Gasteiger partial charge in [-0.3, -0.25) is 0 Å². The quantitative estimate of drug-likeness (QED) is 0.769. The summed E-state index contributed by atoms with van der Waals surface area (Å²) >= 11 is 0. The lowest BCUT2D eigenvalue weighted by atomic mass is 10.2. The molecule has 0 spiro atoms. The van der Waals surface area contributed by atoms with E-state index >= 15 is 0 Å². The van der Waals surface area contributed by atoms with Gasteiger partial charge >= 0.3 is 5.97 Å². The minimum atomic E-state index is -0.357. The number of hydrogen-bond acceptors (Lipinski definition) is 5. The Morgan fingerprint density at radius 3 is 3.00 bits per heavy atom. The minimum absolute atomic E-state index is 0.0509. The second-order valence-corrected chi connectivity index (χ2v) is 4.24. The first-order chi connectivity index (χ1) is 8.77. The highest BCUT2D eigenvalue weighted by Gasteiger charge is 2.32. The Morgan fingerprint density at radius 1 is 1.61 bits per heavy atom. The molecule has 1 heterocycles. The van der Waals surface area contributed by atoms with Crippen LogP contribution in [-0.2, 0) is 4.74 Å². The molecule has 0 aromatic carbocycles. The number of rotatable bonds is 6. The lowest BCUT2D eigenvalue weighted by Gasteiger charge is -2.24. The zero-order valence-corrected chi connectivity index (χ0v) is 10.5. The van der Waals surface area contributed by atoms with E-state index in [4.69, 9.17) is 9.84 Å². The molecule has 0 bridgehead atoms. The van der Waals surface area contributed by atoms with E-state index < -0.39 is 0 Å². The molecule has 98 valence electrons. The number of pyridine rings is 1. The topological polar surface area (TPSA) is 62.7 Å². The van der Waals surface area contributed by atoms with Gasteiger partial charge in [-0.05, 0) is 31.9 Å². The highest BCUT2D eigenvalue weighted by atomic mass is 16.5. The first-order valence-electron chi connectivity index (χ1n) is 6.27. The van der Waals surface area contributed by atoms with Gasteiger partial charge in [0.05, 0.1) is 13.2 Å². The summed E-state index contributed by atoms with van der Waals surface area (Å²) in [4.78, 5) is 18.1. The summed E-state index contributed by atoms with van der Waals surface area (Å²) in [5.74, 6) is 0.261. The predicted octanol–water partition coefficient (Wildman–Crippen LogP) is 1.22. The van der Waals surface area contributed by atoms with Gasteiger partial charge in [0.25, 0.3) is 0 Å². The van der Waals surface area contributed by atoms with E-state index in [0.29, 0.717) is 30.6 Å². The molecule has 1 aliphatic carbocycles. The van der Waals surface area contributed by atoms with Crippen LogP contribution in [0.2, 0.25) is 0 Å². The van der Waals surface area contributed by atoms with Crippen molar-refractivity contribution in [2.24, 2.45) is 0 Å². The maximum absolute atomic E-state index is 11.9. The van der Waals surface area contributed by atoms with E-state index in [9.17, 15) is 4.79 Å². The zero-order valence-electron chi connectivity index (χ0n) is 10.5. The number of esters is 1. The van der Waals surface area contributed by atoms with E-state index in [0.717, 1.165) is 12.8 Å². The van der Waals surface area contributed by atoms with Crippen molar-refractivity contribution >= 4 is 11.8 Å². The average molecular weight is 250 g/mol. The van der Waals surface area contributed by atoms with Crippen molar-refractivity contribution in [2.75, 3.05) is 24.7 Å². The molecule has 1 aromatic heterocycles. The standard InChI is InChI=1S/C13H18N2O3/c1-2-18-13(17)11-4-3-7-14-12(11)15(8-9-16)10-5-6-10/h3-4,7,10,16H,2,5-6,8-9H2,1H3. The van der Waals surface area contributed by atoms with Gasteiger partial charge in [0.1, 0.15) is 11.4 Å². The summed E-state index contributed by atoms with van der Waals surface area (Å²) in [6.45, 7) is 2.67. The van der Waals surface area contributed by atoms with Gasteiger partial charge in [-0.25, -0.2) is 9.78 Å². The largest absolute Gasteiger partial charge is 0.462 e. The van der Waals surface area contributed by atoms with E-state index in [1.165, 1.54) is 0 Å². The van der Waals surface area contributed by atoms with Crippen molar-refractivity contribution in [1.29, 1.82) is 0 Å². The molecule has 1 N–H and O–H groups in total. The molecule has 18 heavy (non-hydrogen) atoms. The summed E-state index contributed by atoms with van der Waals surface area (Å²) in [7, 11) is 0. The first kappa shape index (κ1) is 12.8. The highest BCUT2D eigenvalue weighted by molar-refractivity contribution is 5.94. The average Bonchev–Trinajstić information content (AvgIpc) is 3.20. The Balaban J connectivity index is 2.27. The molecule has 1 aromatic rings. The molecule has 0 unspecified atom stereocenters. The molecular weight excluding hydrogens is 232 g/mol. The number of anilines is 1. The molecule has 1 aliphatic rings. The van der Waals surface area contributed by atoms with Gasteiger partial charge in [0.2, 0.25) is 0 Å². The van der Waals surface area contributed by atoms with Crippen LogP contribution in [0.1, 0.15) is 30.1 Å². The fourth-order valence-electron chi connectivity index (χ4n) is 1.95. The van der Waals surface area contributed by atoms with Crippen LogP contribution >= 0.6 is 0 Å². The Bertz CT molecular complexity index is 418. The second kappa shape index (κ2) is 5.82. The van der Waals surface area contributed by atoms with E-state index in [2.05, 4.69) is 4.98 Å². The normalized spacial score (nSPS) is 14.3. The summed E-state index contributed by atoms with van der Waals surface area (Å²) < 4.78 is 5.03. The van der Waals surface area contributed by atoms with E-state index in [-0.39, 0.29) is 12.6 Å². The fraction of sp³-hybridized carbons (Fsp3) is 0.538. The predicted molar refractivity (Wildman–Crippen MR) is 67.6 cm³/mol. The lowest BCUT2D eigenvalue weighted by Crippen LogP contribution is -2.31. The van der Waals surface area contributed by atoms with Gasteiger partial charge in [-0.1, -0.05) is 0 Å². The van der Waals surface area contributed by atoms with Crippen LogP contribution in [0.3, 0.4) is 0 Å². The fourth-order valence-corrected chi connectivity index (χ4v) is 1.95. The van der Waals surface area contributed by atoms with Crippen LogP contribution in [0, 0.1) is 0 Å². The maximum atomic E-state index is 11.9. The van der Waals surface area contributed by atoms with Crippen LogP contribution < -0.4 is 4.90 Å². The highest BCUT2D eigenvalue weighted by Crippen LogP contribution is 2.32. The summed E-state index contributed by atoms with van der Waals surface area (Å²) in [6.07, 6.45) is 3.82. The van der Waals surface area contributed by atoms with Gasteiger partial charge < -0.3 is 14.7 Å². The van der Waals surface area contributed by atoms with Gasteiger partial charge in [0, 0.05) is 18.8 Å². The Labute approximate surface area is 106 Å². The third-order valence-corrected chi connectivity index (χ3v) is 2.88. The van der Waals surface area contributed by atoms with E-state index in [1.807, 2.05) is 4.90 Å². The van der Waals surface area contributed by atoms with Gasteiger partial charge in [-0.2, -0.15) is 0 Å². The second-order valence-electron chi connectivity index (χ2n) is 4.24. The number of carbonyl (C=O) groups excluding carboxylic acids is 1. The van der Waals surface area contributed by atoms with Crippen LogP contribution in [0.5, 0.6) is 0 Å². The zero-order chi connectivity index (χ0) is 13.0. The number of aromatic nitrogens is 1. The smallest absolute Gasteiger partial charge is 0.341 e. The number of ether oxygens (including phenoxy) is 1. The van der Waals surface area contributed by atoms with Crippen LogP contribution in [0.25, 0.3) is 0 Å². The Hall–Kier alpha value is -1.62. The molecule has 5 nitrogen and oxygen atoms in total. The summed E-state index contributed by atoms with van der Waals surface area (Å²) in [6, 6.07) is 3.83. The van der Waals surface area contributed by atoms with Crippen LogP contribution in [0.4, 0.5) is 5.82 Å². The Morgan fingerprint density at radius 2 is 2.39 bits per heavy atom. The molecule has 0 atom stereocenters. The summed E-state index contributed by atoms with van der Waals surface area (Å²) in [5, 5.41) is 9.12. The van der Waals surface area contributed by atoms with Crippen molar-refractivity contribution < 1.29 is 14.6 Å². The first-order valence-corrected chi connectivity index (χ1v) is 6.27. The number of aliphatic hydroxyl groups excluding tert-OH is 1. The molecule has 0 aliphatic heterocycles. The molecule has 0 amide bonds.